The number of hydrogen-bond donors (Lipinski definition) is 12. The van der Waals surface area contributed by atoms with Crippen molar-refractivity contribution in [1.82, 2.24) is 0 Å². The Morgan fingerprint density at radius 3 is 0.579 bits per heavy atom. The van der Waals surface area contributed by atoms with E-state index in [0.29, 0.717) is 0 Å². The number of carbonyl (C=O) groups is 12. The van der Waals surface area contributed by atoms with E-state index in [1.54, 1.807) is 0 Å². The zero-order valence-electron chi connectivity index (χ0n) is 30.5. The number of hydrogen-bond acceptors (Lipinski definition) is 21. The Labute approximate surface area is 448 Å². The second kappa shape index (κ2) is 46.0. The van der Waals surface area contributed by atoms with Crippen LogP contribution < -0.4 is 208 Å². The average Bonchev–Trinajstić information content (AvgIpc) is 2.80. The fourth-order valence-corrected chi connectivity index (χ4v) is 2.10. The van der Waals surface area contributed by atoms with Gasteiger partial charge >= 0.3 is 220 Å². The summed E-state index contributed by atoms with van der Waals surface area (Å²) in [6.45, 7) is 0. The number of carbonyl (C=O) groups excluding carboxylic acids is 5. The van der Waals surface area contributed by atoms with Crippen molar-refractivity contribution in [3.05, 3.63) is 0 Å². The van der Waals surface area contributed by atoms with Crippen molar-refractivity contribution in [2.45, 2.75) is 55.3 Å². The summed E-state index contributed by atoms with van der Waals surface area (Å²) in [5.41, 5.74) is -8.51. The first-order valence-corrected chi connectivity index (χ1v) is 11.4. The van der Waals surface area contributed by atoms with Crippen LogP contribution in [0.15, 0.2) is 0 Å². The summed E-state index contributed by atoms with van der Waals surface area (Å²) in [7, 11) is 0. The Balaban J connectivity index is -0.0000000445. The minimum Gasteiger partial charge on any atom is -0.652 e. The van der Waals surface area contributed by atoms with Gasteiger partial charge in [-0.2, -0.15) is 0 Å². The maximum Gasteiger partial charge on any atom is 1.00 e. The zero-order valence-corrected chi connectivity index (χ0v) is 42.5. The molecule has 0 aromatic heterocycles. The molecule has 0 aromatic rings. The number of rotatable bonds is 15. The van der Waals surface area contributed by atoms with E-state index in [-0.39, 0.29) is 177 Å². The van der Waals surface area contributed by atoms with Gasteiger partial charge in [0.2, 0.25) is 0 Å². The van der Waals surface area contributed by atoms with Crippen molar-refractivity contribution in [3.8, 4) is 0 Å². The third-order valence-electron chi connectivity index (χ3n) is 3.82. The first-order chi connectivity index (χ1) is 22.5. The van der Waals surface area contributed by atoms with E-state index in [4.69, 9.17) is 85.9 Å². The van der Waals surface area contributed by atoms with Crippen LogP contribution in [0.1, 0.15) is 38.5 Å². The molecule has 12 N–H and O–H groups in total. The molecule has 0 saturated carbocycles. The summed E-state index contributed by atoms with van der Waals surface area (Å²) in [6.07, 6.45) is -13.4. The van der Waals surface area contributed by atoms with Crippen molar-refractivity contribution in [2.75, 3.05) is 0 Å². The Bertz CT molecular complexity index is 1080. The van der Waals surface area contributed by atoms with Crippen LogP contribution in [0.2, 0.25) is 0 Å². The smallest absolute Gasteiger partial charge is 0.652 e. The van der Waals surface area contributed by atoms with Gasteiger partial charge in [0.15, 0.2) is 11.2 Å². The van der Waals surface area contributed by atoms with E-state index >= 15 is 0 Å². The number of aliphatic hydroxyl groups is 3. The molecule has 0 aliphatic heterocycles. The standard InChI is InChI=1S/3C6H8O7.3CH2O3.6Na/c3*7-3(8)1-6(13,5(11)12)2-4(9)10;3*2-1(3)4;;;;;;/h3*13H,1-2H2,(H,7,8)(H,9,10)(H,11,12);3*(H2,2,3,4);;;;;;/q;;;;;;6*+1/p-6. The summed E-state index contributed by atoms with van der Waals surface area (Å²) in [6, 6.07) is 0. The predicted octanol–water partition coefficient (Wildman–Crippen LogP) is -29.1. The summed E-state index contributed by atoms with van der Waals surface area (Å²) in [4.78, 5) is 116. The van der Waals surface area contributed by atoms with Crippen LogP contribution in [0.25, 0.3) is 0 Å². The van der Waals surface area contributed by atoms with Gasteiger partial charge in [-0.3, -0.25) is 14.4 Å². The third kappa shape index (κ3) is 69.9. The molecule has 0 amide bonds. The second-order valence-corrected chi connectivity index (χ2v) is 8.17. The van der Waals surface area contributed by atoms with Crippen LogP contribution in [0, 0.1) is 0 Å². The van der Waals surface area contributed by atoms with Gasteiger partial charge in [0.25, 0.3) is 0 Å². The SMILES string of the molecule is O=C(O)CC(O)(CC(=O)O)C(=O)O.O=C(O)O.O=C(O)O.O=C([O-])CC(O)(CC(=O)O)C(=O)O.O=C([O-])CC(O)(CC(=O)[O-])C(=O)[O-].O=C([O-])[O-].[Na+].[Na+].[Na+].[Na+].[Na+].[Na+]. The quantitative estimate of drug-likeness (QED) is 0.0679. The first-order valence-electron chi connectivity index (χ1n) is 11.4. The molecule has 0 rings (SSSR count). The van der Waals surface area contributed by atoms with E-state index in [0.717, 1.165) is 0 Å². The van der Waals surface area contributed by atoms with Gasteiger partial charge in [-0.15, -0.1) is 0 Å². The minimum atomic E-state index is -2.97. The van der Waals surface area contributed by atoms with Crippen LogP contribution >= 0.6 is 0 Å². The maximum absolute atomic E-state index is 10.3. The monoisotopic (exact) mass is 894 g/mol. The van der Waals surface area contributed by atoms with Crippen molar-refractivity contribution in [1.29, 1.82) is 0 Å². The molecule has 57 heavy (non-hydrogen) atoms. The van der Waals surface area contributed by atoms with Crippen LogP contribution in [-0.4, -0.2) is 150 Å². The fourth-order valence-electron chi connectivity index (χ4n) is 2.10. The molecule has 0 spiro atoms. The largest absolute Gasteiger partial charge is 1.00 e. The van der Waals surface area contributed by atoms with Crippen molar-refractivity contribution >= 4 is 72.2 Å². The maximum atomic E-state index is 10.3. The van der Waals surface area contributed by atoms with Crippen LogP contribution in [0.5, 0.6) is 0 Å². The summed E-state index contributed by atoms with van der Waals surface area (Å²) >= 11 is 0. The van der Waals surface area contributed by atoms with Crippen molar-refractivity contribution in [2.24, 2.45) is 0 Å². The Morgan fingerprint density at radius 1 is 0.333 bits per heavy atom. The molecule has 0 saturated heterocycles. The van der Waals surface area contributed by atoms with Gasteiger partial charge in [0.1, 0.15) is 5.60 Å². The van der Waals surface area contributed by atoms with E-state index in [1.165, 1.54) is 0 Å². The summed E-state index contributed by atoms with van der Waals surface area (Å²) in [5, 5.41) is 153. The molecular formula is C21H24Na6O30. The van der Waals surface area contributed by atoms with Crippen molar-refractivity contribution in [3.63, 3.8) is 0 Å². The topological polar surface area (TPSA) is 586 Å². The molecule has 0 aliphatic rings. The molecule has 36 heteroatoms. The molecule has 1 unspecified atom stereocenters. The molecule has 0 heterocycles. The Kier molecular flexibility index (Phi) is 70.6. The molecular weight excluding hydrogens is 870 g/mol. The Morgan fingerprint density at radius 2 is 0.474 bits per heavy atom. The molecule has 0 fully saturated rings. The van der Waals surface area contributed by atoms with Gasteiger partial charge in [0, 0.05) is 37.2 Å². The van der Waals surface area contributed by atoms with Gasteiger partial charge in [0.05, 0.1) is 25.2 Å². The molecule has 0 radical (unpaired) electrons. The number of aliphatic carboxylic acids is 9. The second-order valence-electron chi connectivity index (χ2n) is 8.17. The van der Waals surface area contributed by atoms with Crippen LogP contribution in [-0.2, 0) is 43.2 Å². The van der Waals surface area contributed by atoms with Gasteiger partial charge in [-0.1, -0.05) is 0 Å². The van der Waals surface area contributed by atoms with Crippen molar-refractivity contribution < 1.29 is 327 Å². The molecule has 1 atom stereocenters. The number of carboxylic acids is 9. The van der Waals surface area contributed by atoms with E-state index in [2.05, 4.69) is 0 Å². The molecule has 0 aromatic carbocycles. The predicted molar refractivity (Wildman–Crippen MR) is 127 cm³/mol. The molecule has 294 valence electrons. The van der Waals surface area contributed by atoms with Crippen LogP contribution in [0.4, 0.5) is 14.4 Å². The zero-order chi connectivity index (χ0) is 42.7. The average molecular weight is 894 g/mol. The van der Waals surface area contributed by atoms with Gasteiger partial charge in [-0.25, -0.2) is 19.2 Å². The molecule has 30 nitrogen and oxygen atoms in total. The fraction of sp³-hybridized carbons (Fsp3) is 0.429. The summed E-state index contributed by atoms with van der Waals surface area (Å²) in [5.74, 6) is -16.3. The van der Waals surface area contributed by atoms with Gasteiger partial charge in [-0.05, 0) is 6.16 Å². The van der Waals surface area contributed by atoms with E-state index in [1.807, 2.05) is 0 Å². The Hall–Kier alpha value is -1.08. The number of carboxylic acid groups (broad SMARTS) is 15. The van der Waals surface area contributed by atoms with E-state index in [9.17, 15) is 63.6 Å². The summed E-state index contributed by atoms with van der Waals surface area (Å²) < 4.78 is 0. The van der Waals surface area contributed by atoms with Gasteiger partial charge < -0.3 is 116 Å². The van der Waals surface area contributed by atoms with Crippen LogP contribution in [0.3, 0.4) is 0 Å². The normalized spacial score (nSPS) is 9.53. The molecule has 0 aliphatic carbocycles. The first kappa shape index (κ1) is 87.4. The van der Waals surface area contributed by atoms with E-state index < -0.39 is 128 Å². The third-order valence-corrected chi connectivity index (χ3v) is 3.82. The minimum absolute atomic E-state index is 0. The molecule has 0 bridgehead atoms.